The van der Waals surface area contributed by atoms with Crippen LogP contribution in [-0.4, -0.2) is 27.1 Å². The summed E-state index contributed by atoms with van der Waals surface area (Å²) in [6.45, 7) is 4.30. The average molecular weight is 280 g/mol. The largest absolute Gasteiger partial charge is 0.299 e. The molecule has 0 radical (unpaired) electrons. The molecule has 2 rings (SSSR count). The van der Waals surface area contributed by atoms with Gasteiger partial charge in [-0.15, -0.1) is 0 Å². The Morgan fingerprint density at radius 1 is 1.53 bits per heavy atom. The summed E-state index contributed by atoms with van der Waals surface area (Å²) in [6.07, 6.45) is 6.72. The lowest BCUT2D eigenvalue weighted by Gasteiger charge is -2.20. The Hall–Kier alpha value is -0.770. The maximum Gasteiger partial charge on any atom is 0.139 e. The molecule has 1 aromatic rings. The molecule has 0 amide bonds. The van der Waals surface area contributed by atoms with E-state index in [1.165, 1.54) is 24.3 Å². The SMILES string of the molecule is CCC(C)n1ccc(CC(=O)CC2CCSCC2)n1. The van der Waals surface area contributed by atoms with Gasteiger partial charge < -0.3 is 0 Å². The van der Waals surface area contributed by atoms with Gasteiger partial charge in [-0.3, -0.25) is 9.48 Å². The minimum Gasteiger partial charge on any atom is -0.299 e. The van der Waals surface area contributed by atoms with Gasteiger partial charge in [0.05, 0.1) is 12.1 Å². The molecular formula is C15H24N2OS. The highest BCUT2D eigenvalue weighted by Crippen LogP contribution is 2.25. The number of hydrogen-bond acceptors (Lipinski definition) is 3. The minimum absolute atomic E-state index is 0.353. The Morgan fingerprint density at radius 2 is 2.26 bits per heavy atom. The molecule has 1 unspecified atom stereocenters. The fourth-order valence-corrected chi connectivity index (χ4v) is 3.66. The third kappa shape index (κ3) is 4.37. The molecule has 0 spiro atoms. The third-order valence-electron chi connectivity index (χ3n) is 3.94. The topological polar surface area (TPSA) is 34.9 Å². The lowest BCUT2D eigenvalue weighted by Crippen LogP contribution is -2.16. The van der Waals surface area contributed by atoms with Crippen molar-refractivity contribution in [1.82, 2.24) is 9.78 Å². The van der Waals surface area contributed by atoms with Gasteiger partial charge >= 0.3 is 0 Å². The second kappa shape index (κ2) is 7.13. The van der Waals surface area contributed by atoms with Crippen LogP contribution in [0.2, 0.25) is 0 Å². The van der Waals surface area contributed by atoms with E-state index in [4.69, 9.17) is 0 Å². The van der Waals surface area contributed by atoms with Crippen LogP contribution < -0.4 is 0 Å². The van der Waals surface area contributed by atoms with E-state index in [0.717, 1.165) is 18.5 Å². The summed E-state index contributed by atoms with van der Waals surface area (Å²) in [5.41, 5.74) is 0.926. The molecule has 0 bridgehead atoms. The summed E-state index contributed by atoms with van der Waals surface area (Å²) in [7, 11) is 0. The van der Waals surface area contributed by atoms with Crippen molar-refractivity contribution in [2.24, 2.45) is 5.92 Å². The van der Waals surface area contributed by atoms with E-state index in [9.17, 15) is 4.79 Å². The molecule has 2 heterocycles. The molecule has 1 aliphatic rings. The lowest BCUT2D eigenvalue weighted by atomic mass is 9.95. The highest BCUT2D eigenvalue weighted by molar-refractivity contribution is 7.99. The zero-order valence-corrected chi connectivity index (χ0v) is 12.8. The Balaban J connectivity index is 1.82. The van der Waals surface area contributed by atoms with E-state index in [0.29, 0.717) is 24.2 Å². The maximum absolute atomic E-state index is 12.1. The Morgan fingerprint density at radius 3 is 2.95 bits per heavy atom. The molecule has 4 heteroatoms. The van der Waals surface area contributed by atoms with Crippen LogP contribution in [0, 0.1) is 5.92 Å². The summed E-state index contributed by atoms with van der Waals surface area (Å²) in [5, 5.41) is 4.51. The number of carbonyl (C=O) groups excluding carboxylic acids is 1. The van der Waals surface area contributed by atoms with Crippen molar-refractivity contribution < 1.29 is 4.79 Å². The molecule has 0 N–H and O–H groups in total. The normalized spacial score (nSPS) is 18.4. The van der Waals surface area contributed by atoms with Crippen molar-refractivity contribution >= 4 is 17.5 Å². The zero-order chi connectivity index (χ0) is 13.7. The van der Waals surface area contributed by atoms with E-state index in [-0.39, 0.29) is 0 Å². The number of thioether (sulfide) groups is 1. The highest BCUT2D eigenvalue weighted by atomic mass is 32.2. The van der Waals surface area contributed by atoms with Gasteiger partial charge in [-0.2, -0.15) is 16.9 Å². The predicted molar refractivity (Wildman–Crippen MR) is 80.6 cm³/mol. The van der Waals surface area contributed by atoms with Gasteiger partial charge in [0.2, 0.25) is 0 Å². The summed E-state index contributed by atoms with van der Waals surface area (Å²) in [4.78, 5) is 12.1. The summed E-state index contributed by atoms with van der Waals surface area (Å²) in [6, 6.07) is 2.40. The van der Waals surface area contributed by atoms with Gasteiger partial charge in [0.1, 0.15) is 5.78 Å². The maximum atomic E-state index is 12.1. The first kappa shape index (κ1) is 14.6. The van der Waals surface area contributed by atoms with Crippen molar-refractivity contribution in [1.29, 1.82) is 0 Å². The molecular weight excluding hydrogens is 256 g/mol. The van der Waals surface area contributed by atoms with Gasteiger partial charge in [-0.25, -0.2) is 0 Å². The Bertz CT molecular complexity index is 410. The zero-order valence-electron chi connectivity index (χ0n) is 12.0. The van der Waals surface area contributed by atoms with Gasteiger partial charge in [-0.1, -0.05) is 6.92 Å². The van der Waals surface area contributed by atoms with Crippen molar-refractivity contribution in [3.05, 3.63) is 18.0 Å². The molecule has 1 fully saturated rings. The summed E-state index contributed by atoms with van der Waals surface area (Å²) < 4.78 is 1.97. The number of nitrogens with zero attached hydrogens (tertiary/aromatic N) is 2. The molecule has 1 aromatic heterocycles. The number of Topliss-reactive ketones (excluding diaryl/α,β-unsaturated/α-hetero) is 1. The second-order valence-corrected chi connectivity index (χ2v) is 6.74. The van der Waals surface area contributed by atoms with E-state index < -0.39 is 0 Å². The summed E-state index contributed by atoms with van der Waals surface area (Å²) >= 11 is 2.01. The van der Waals surface area contributed by atoms with Crippen molar-refractivity contribution in [2.45, 2.75) is 52.0 Å². The van der Waals surface area contributed by atoms with Gasteiger partial charge in [0, 0.05) is 18.7 Å². The number of ketones is 1. The van der Waals surface area contributed by atoms with Crippen molar-refractivity contribution in [3.8, 4) is 0 Å². The van der Waals surface area contributed by atoms with E-state index >= 15 is 0 Å². The molecule has 0 saturated carbocycles. The van der Waals surface area contributed by atoms with E-state index in [1.54, 1.807) is 0 Å². The molecule has 106 valence electrons. The van der Waals surface area contributed by atoms with Crippen LogP contribution in [0.5, 0.6) is 0 Å². The summed E-state index contributed by atoms with van der Waals surface area (Å²) in [5.74, 6) is 3.41. The first-order valence-electron chi connectivity index (χ1n) is 7.32. The first-order chi connectivity index (χ1) is 9.19. The van der Waals surface area contributed by atoms with Gasteiger partial charge in [0.15, 0.2) is 0 Å². The average Bonchev–Trinajstić information content (AvgIpc) is 2.87. The van der Waals surface area contributed by atoms with Crippen LogP contribution in [-0.2, 0) is 11.2 Å². The van der Waals surface area contributed by atoms with Crippen LogP contribution in [0.1, 0.15) is 51.3 Å². The Kier molecular flexibility index (Phi) is 5.49. The minimum atomic E-state index is 0.353. The predicted octanol–water partition coefficient (Wildman–Crippen LogP) is 3.50. The molecule has 1 aliphatic heterocycles. The van der Waals surface area contributed by atoms with Gasteiger partial charge in [0.25, 0.3) is 0 Å². The Labute approximate surface area is 120 Å². The van der Waals surface area contributed by atoms with Gasteiger partial charge in [-0.05, 0) is 49.7 Å². The second-order valence-electron chi connectivity index (χ2n) is 5.52. The number of hydrogen-bond donors (Lipinski definition) is 0. The molecule has 0 aromatic carbocycles. The fraction of sp³-hybridized carbons (Fsp3) is 0.733. The third-order valence-corrected chi connectivity index (χ3v) is 4.99. The van der Waals surface area contributed by atoms with Crippen molar-refractivity contribution in [3.63, 3.8) is 0 Å². The van der Waals surface area contributed by atoms with E-state index in [1.807, 2.05) is 28.7 Å². The van der Waals surface area contributed by atoms with Crippen LogP contribution in [0.3, 0.4) is 0 Å². The highest BCUT2D eigenvalue weighted by Gasteiger charge is 2.18. The first-order valence-corrected chi connectivity index (χ1v) is 8.48. The van der Waals surface area contributed by atoms with Crippen molar-refractivity contribution in [2.75, 3.05) is 11.5 Å². The van der Waals surface area contributed by atoms with Crippen LogP contribution in [0.4, 0.5) is 0 Å². The molecule has 1 saturated heterocycles. The van der Waals surface area contributed by atoms with Crippen LogP contribution in [0.15, 0.2) is 12.3 Å². The fourth-order valence-electron chi connectivity index (χ4n) is 2.45. The smallest absolute Gasteiger partial charge is 0.139 e. The quantitative estimate of drug-likeness (QED) is 0.800. The molecule has 3 nitrogen and oxygen atoms in total. The number of carbonyl (C=O) groups is 1. The van der Waals surface area contributed by atoms with Crippen LogP contribution in [0.25, 0.3) is 0 Å². The monoisotopic (exact) mass is 280 g/mol. The molecule has 19 heavy (non-hydrogen) atoms. The molecule has 1 atom stereocenters. The van der Waals surface area contributed by atoms with Crippen LogP contribution >= 0.6 is 11.8 Å². The number of rotatable bonds is 6. The number of aromatic nitrogens is 2. The van der Waals surface area contributed by atoms with E-state index in [2.05, 4.69) is 18.9 Å². The molecule has 0 aliphatic carbocycles. The standard InChI is InChI=1S/C15H24N2OS/c1-3-12(2)17-7-4-14(16-17)11-15(18)10-13-5-8-19-9-6-13/h4,7,12-13H,3,5-6,8-11H2,1-2H3. The lowest BCUT2D eigenvalue weighted by molar-refractivity contribution is -0.119.